The highest BCUT2D eigenvalue weighted by molar-refractivity contribution is 6.30. The summed E-state index contributed by atoms with van der Waals surface area (Å²) in [4.78, 5) is 21.3. The van der Waals surface area contributed by atoms with Gasteiger partial charge in [-0.25, -0.2) is 9.97 Å². The van der Waals surface area contributed by atoms with Crippen LogP contribution in [0.1, 0.15) is 25.3 Å². The van der Waals surface area contributed by atoms with Crippen LogP contribution in [0, 0.1) is 0 Å². The van der Waals surface area contributed by atoms with Crippen LogP contribution in [0.2, 0.25) is 5.15 Å². The number of nitrogens with two attached hydrogens (primary N) is 1. The van der Waals surface area contributed by atoms with E-state index in [0.717, 1.165) is 43.7 Å². The molecule has 6 nitrogen and oxygen atoms in total. The molecular formula is C13H20ClN5O. The van der Waals surface area contributed by atoms with Crippen molar-refractivity contribution in [3.63, 3.8) is 0 Å². The van der Waals surface area contributed by atoms with Gasteiger partial charge in [0, 0.05) is 24.7 Å². The number of halogens is 1. The molecule has 1 aromatic heterocycles. The van der Waals surface area contributed by atoms with Crippen LogP contribution in [0.3, 0.4) is 0 Å². The highest BCUT2D eigenvalue weighted by Gasteiger charge is 2.21. The molecule has 7 heteroatoms. The van der Waals surface area contributed by atoms with Gasteiger partial charge in [-0.05, 0) is 19.3 Å². The van der Waals surface area contributed by atoms with Gasteiger partial charge in [0.2, 0.25) is 5.91 Å². The molecule has 0 bridgehead atoms. The molecule has 20 heavy (non-hydrogen) atoms. The van der Waals surface area contributed by atoms with Crippen LogP contribution in [-0.2, 0) is 11.2 Å². The van der Waals surface area contributed by atoms with E-state index in [-0.39, 0.29) is 5.91 Å². The van der Waals surface area contributed by atoms with Gasteiger partial charge >= 0.3 is 0 Å². The topological polar surface area (TPSA) is 84.1 Å². The molecule has 0 radical (unpaired) electrons. The molecule has 1 aliphatic rings. The Morgan fingerprint density at radius 2 is 2.20 bits per heavy atom. The predicted octanol–water partition coefficient (Wildman–Crippen LogP) is 1.05. The molecule has 110 valence electrons. The second-order valence-electron chi connectivity index (χ2n) is 5.01. The summed E-state index contributed by atoms with van der Waals surface area (Å²) in [5, 5.41) is 3.95. The monoisotopic (exact) mass is 297 g/mol. The first-order valence-electron chi connectivity index (χ1n) is 6.86. The lowest BCUT2D eigenvalue weighted by Crippen LogP contribution is -2.43. The van der Waals surface area contributed by atoms with E-state index in [0.29, 0.717) is 17.7 Å². The molecule has 1 amide bonds. The van der Waals surface area contributed by atoms with Crippen LogP contribution in [0.4, 0.5) is 5.82 Å². The molecule has 1 aliphatic heterocycles. The summed E-state index contributed by atoms with van der Waals surface area (Å²) < 4.78 is 0. The predicted molar refractivity (Wildman–Crippen MR) is 78.7 cm³/mol. The second-order valence-corrected chi connectivity index (χ2v) is 5.36. The third-order valence-electron chi connectivity index (χ3n) is 3.55. The number of amides is 1. The van der Waals surface area contributed by atoms with Gasteiger partial charge in [0.05, 0.1) is 6.54 Å². The zero-order chi connectivity index (χ0) is 14.5. The number of piperidine rings is 1. The lowest BCUT2D eigenvalue weighted by atomic mass is 10.0. The molecule has 3 N–H and O–H groups in total. The van der Waals surface area contributed by atoms with Gasteiger partial charge in [0.25, 0.3) is 0 Å². The molecular weight excluding hydrogens is 278 g/mol. The van der Waals surface area contributed by atoms with E-state index in [1.54, 1.807) is 0 Å². The van der Waals surface area contributed by atoms with Gasteiger partial charge in [-0.2, -0.15) is 0 Å². The maximum Gasteiger partial charge on any atom is 0.231 e. The van der Waals surface area contributed by atoms with Gasteiger partial charge in [-0.3, -0.25) is 9.69 Å². The number of carbonyl (C=O) groups excluding carboxylic acids is 1. The third-order valence-corrected chi connectivity index (χ3v) is 3.88. The maximum atomic E-state index is 10.9. The largest absolute Gasteiger partial charge is 0.369 e. The third kappa shape index (κ3) is 3.80. The van der Waals surface area contributed by atoms with Crippen LogP contribution >= 0.6 is 11.6 Å². The van der Waals surface area contributed by atoms with E-state index in [1.165, 1.54) is 6.33 Å². The van der Waals surface area contributed by atoms with Gasteiger partial charge in [-0.1, -0.05) is 18.5 Å². The van der Waals surface area contributed by atoms with E-state index in [9.17, 15) is 4.79 Å². The zero-order valence-corrected chi connectivity index (χ0v) is 12.4. The molecule has 1 saturated heterocycles. The van der Waals surface area contributed by atoms with E-state index in [2.05, 4.69) is 20.2 Å². The average molecular weight is 298 g/mol. The van der Waals surface area contributed by atoms with Crippen molar-refractivity contribution in [2.75, 3.05) is 25.0 Å². The van der Waals surface area contributed by atoms with Crippen LogP contribution in [-0.4, -0.2) is 46.5 Å². The molecule has 2 heterocycles. The molecule has 0 spiro atoms. The molecule has 0 aromatic carbocycles. The van der Waals surface area contributed by atoms with Crippen molar-refractivity contribution in [3.8, 4) is 0 Å². The summed E-state index contributed by atoms with van der Waals surface area (Å²) >= 11 is 6.08. The second kappa shape index (κ2) is 6.85. The number of hydrogen-bond donors (Lipinski definition) is 2. The fraction of sp³-hybridized carbons (Fsp3) is 0.615. The summed E-state index contributed by atoms with van der Waals surface area (Å²) in [6.45, 7) is 4.10. The lowest BCUT2D eigenvalue weighted by molar-refractivity contribution is -0.119. The Morgan fingerprint density at radius 3 is 2.80 bits per heavy atom. The normalized spacial score (nSPS) is 17.1. The van der Waals surface area contributed by atoms with Gasteiger partial charge in [0.1, 0.15) is 17.3 Å². The summed E-state index contributed by atoms with van der Waals surface area (Å²) in [5.41, 5.74) is 6.16. The van der Waals surface area contributed by atoms with Crippen molar-refractivity contribution < 1.29 is 4.79 Å². The molecule has 0 atom stereocenters. The molecule has 1 fully saturated rings. The first kappa shape index (κ1) is 15.0. The Labute approximate surface area is 123 Å². The maximum absolute atomic E-state index is 10.9. The van der Waals surface area contributed by atoms with E-state index in [1.807, 2.05) is 6.92 Å². The Balaban J connectivity index is 1.93. The Bertz CT molecular complexity index is 474. The van der Waals surface area contributed by atoms with Crippen molar-refractivity contribution in [2.24, 2.45) is 5.73 Å². The van der Waals surface area contributed by atoms with E-state index >= 15 is 0 Å². The van der Waals surface area contributed by atoms with Gasteiger partial charge < -0.3 is 11.1 Å². The van der Waals surface area contributed by atoms with Crippen molar-refractivity contribution in [3.05, 3.63) is 17.0 Å². The van der Waals surface area contributed by atoms with E-state index in [4.69, 9.17) is 17.3 Å². The zero-order valence-electron chi connectivity index (χ0n) is 11.6. The average Bonchev–Trinajstić information content (AvgIpc) is 2.41. The van der Waals surface area contributed by atoms with E-state index < -0.39 is 0 Å². The summed E-state index contributed by atoms with van der Waals surface area (Å²) in [7, 11) is 0. The van der Waals surface area contributed by atoms with Gasteiger partial charge in [0.15, 0.2) is 0 Å². The Hall–Kier alpha value is -1.40. The minimum atomic E-state index is -0.271. The Kier molecular flexibility index (Phi) is 5.14. The highest BCUT2D eigenvalue weighted by Crippen LogP contribution is 2.23. The highest BCUT2D eigenvalue weighted by atomic mass is 35.5. The summed E-state index contributed by atoms with van der Waals surface area (Å²) in [6.07, 6.45) is 4.19. The number of aromatic nitrogens is 2. The quantitative estimate of drug-likeness (QED) is 0.794. The first-order chi connectivity index (χ1) is 9.60. The fourth-order valence-electron chi connectivity index (χ4n) is 2.48. The summed E-state index contributed by atoms with van der Waals surface area (Å²) in [6, 6.07) is 0.343. The van der Waals surface area contributed by atoms with Crippen molar-refractivity contribution in [1.82, 2.24) is 14.9 Å². The number of anilines is 1. The van der Waals surface area contributed by atoms with Crippen LogP contribution < -0.4 is 11.1 Å². The molecule has 1 aromatic rings. The number of primary amides is 1. The van der Waals surface area contributed by atoms with Crippen LogP contribution in [0.15, 0.2) is 6.33 Å². The molecule has 2 rings (SSSR count). The SMILES string of the molecule is CCc1c(Cl)ncnc1NC1CCN(CC(N)=O)CC1. The first-order valence-corrected chi connectivity index (χ1v) is 7.24. The molecule has 0 saturated carbocycles. The van der Waals surface area contributed by atoms with Crippen molar-refractivity contribution in [1.29, 1.82) is 0 Å². The molecule has 0 aliphatic carbocycles. The number of nitrogens with zero attached hydrogens (tertiary/aromatic N) is 3. The smallest absolute Gasteiger partial charge is 0.231 e. The van der Waals surface area contributed by atoms with Crippen molar-refractivity contribution >= 4 is 23.3 Å². The van der Waals surface area contributed by atoms with Gasteiger partial charge in [-0.15, -0.1) is 0 Å². The Morgan fingerprint density at radius 1 is 1.50 bits per heavy atom. The molecule has 0 unspecified atom stereocenters. The fourth-order valence-corrected chi connectivity index (χ4v) is 2.74. The number of likely N-dealkylation sites (tertiary alicyclic amines) is 1. The number of carbonyl (C=O) groups is 1. The number of nitrogens with one attached hydrogen (secondary N) is 1. The minimum absolute atomic E-state index is 0.271. The lowest BCUT2D eigenvalue weighted by Gasteiger charge is -2.32. The summed E-state index contributed by atoms with van der Waals surface area (Å²) in [5.74, 6) is 0.549. The standard InChI is InChI=1S/C13H20ClN5O/c1-2-10-12(14)16-8-17-13(10)18-9-3-5-19(6-4-9)7-11(15)20/h8-9H,2-7H2,1H3,(H2,15,20)(H,16,17,18). The van der Waals surface area contributed by atoms with Crippen LogP contribution in [0.5, 0.6) is 0 Å². The minimum Gasteiger partial charge on any atom is -0.369 e. The number of rotatable bonds is 5. The van der Waals surface area contributed by atoms with Crippen molar-refractivity contribution in [2.45, 2.75) is 32.2 Å². The number of hydrogen-bond acceptors (Lipinski definition) is 5. The van der Waals surface area contributed by atoms with Crippen LogP contribution in [0.25, 0.3) is 0 Å².